The van der Waals surface area contributed by atoms with Crippen LogP contribution >= 0.6 is 0 Å². The van der Waals surface area contributed by atoms with E-state index in [-0.39, 0.29) is 0 Å². The molecule has 0 aliphatic heterocycles. The summed E-state index contributed by atoms with van der Waals surface area (Å²) in [7, 11) is 0. The van der Waals surface area contributed by atoms with Gasteiger partial charge in [-0.05, 0) is 48.9 Å². The summed E-state index contributed by atoms with van der Waals surface area (Å²) in [5, 5.41) is 0. The first-order valence-electron chi connectivity index (χ1n) is 6.60. The molecule has 0 N–H and O–H groups in total. The van der Waals surface area contributed by atoms with Crippen LogP contribution in [-0.4, -0.2) is 0 Å². The van der Waals surface area contributed by atoms with Gasteiger partial charge in [0, 0.05) is 0 Å². The molecule has 0 bridgehead atoms. The predicted octanol–water partition coefficient (Wildman–Crippen LogP) is 4.64. The van der Waals surface area contributed by atoms with Crippen LogP contribution in [0.4, 0.5) is 0 Å². The van der Waals surface area contributed by atoms with Crippen molar-refractivity contribution < 1.29 is 0 Å². The number of hydrogen-bond acceptors (Lipinski definition) is 0. The van der Waals surface area contributed by atoms with Crippen LogP contribution in [0.3, 0.4) is 0 Å². The summed E-state index contributed by atoms with van der Waals surface area (Å²) >= 11 is 0. The lowest BCUT2D eigenvalue weighted by Gasteiger charge is -2.31. The second kappa shape index (κ2) is 3.87. The minimum Gasteiger partial charge on any atom is -0.0625 e. The van der Waals surface area contributed by atoms with Crippen LogP contribution in [0.1, 0.15) is 65.7 Å². The molecular weight excluding hydrogens is 168 g/mol. The van der Waals surface area contributed by atoms with Gasteiger partial charge in [-0.2, -0.15) is 0 Å². The molecule has 0 aromatic rings. The van der Waals surface area contributed by atoms with E-state index in [2.05, 4.69) is 20.8 Å². The van der Waals surface area contributed by atoms with Gasteiger partial charge in [0.1, 0.15) is 0 Å². The van der Waals surface area contributed by atoms with E-state index in [1.54, 1.807) is 0 Å². The van der Waals surface area contributed by atoms with Gasteiger partial charge in [0.15, 0.2) is 0 Å². The Kier molecular flexibility index (Phi) is 2.91. The Morgan fingerprint density at radius 2 is 1.43 bits per heavy atom. The molecule has 2 fully saturated rings. The van der Waals surface area contributed by atoms with Crippen molar-refractivity contribution in [2.75, 3.05) is 0 Å². The first kappa shape index (κ1) is 10.5. The molecular formula is C14H26. The zero-order chi connectivity index (χ0) is 10.2. The van der Waals surface area contributed by atoms with Crippen LogP contribution in [0.5, 0.6) is 0 Å². The maximum absolute atomic E-state index is 2.52. The van der Waals surface area contributed by atoms with Crippen molar-refractivity contribution in [3.8, 4) is 0 Å². The van der Waals surface area contributed by atoms with Crippen LogP contribution < -0.4 is 0 Å². The van der Waals surface area contributed by atoms with E-state index in [1.165, 1.54) is 44.9 Å². The Balaban J connectivity index is 1.95. The number of rotatable bonds is 1. The summed E-state index contributed by atoms with van der Waals surface area (Å²) < 4.78 is 0. The Bertz CT molecular complexity index is 190. The Morgan fingerprint density at radius 1 is 0.857 bits per heavy atom. The zero-order valence-electron chi connectivity index (χ0n) is 10.2. The molecule has 0 amide bonds. The molecule has 0 nitrogen and oxygen atoms in total. The van der Waals surface area contributed by atoms with Gasteiger partial charge in [-0.15, -0.1) is 0 Å². The second-order valence-electron chi connectivity index (χ2n) is 6.45. The fraction of sp³-hybridized carbons (Fsp3) is 1.00. The van der Waals surface area contributed by atoms with Crippen LogP contribution in [0, 0.1) is 23.2 Å². The summed E-state index contributed by atoms with van der Waals surface area (Å²) in [5.74, 6) is 3.03. The Morgan fingerprint density at radius 3 is 2.07 bits per heavy atom. The van der Waals surface area contributed by atoms with Gasteiger partial charge in [-0.3, -0.25) is 0 Å². The Labute approximate surface area is 89.5 Å². The van der Waals surface area contributed by atoms with Crippen LogP contribution in [0.2, 0.25) is 0 Å². The highest BCUT2D eigenvalue weighted by atomic mass is 14.5. The molecule has 0 heterocycles. The quantitative estimate of drug-likeness (QED) is 0.570. The van der Waals surface area contributed by atoms with Crippen molar-refractivity contribution in [3.05, 3.63) is 0 Å². The molecule has 2 rings (SSSR count). The second-order valence-corrected chi connectivity index (χ2v) is 6.45. The molecule has 0 aromatic heterocycles. The third kappa shape index (κ3) is 2.32. The lowest BCUT2D eigenvalue weighted by atomic mass is 9.75. The molecule has 0 spiro atoms. The van der Waals surface area contributed by atoms with E-state index < -0.39 is 0 Å². The van der Waals surface area contributed by atoms with Gasteiger partial charge >= 0.3 is 0 Å². The van der Waals surface area contributed by atoms with Gasteiger partial charge < -0.3 is 0 Å². The molecule has 82 valence electrons. The van der Waals surface area contributed by atoms with Gasteiger partial charge in [-0.1, -0.05) is 40.0 Å². The molecule has 0 heteroatoms. The van der Waals surface area contributed by atoms with E-state index in [1.807, 2.05) is 0 Å². The largest absolute Gasteiger partial charge is 0.0625 e. The monoisotopic (exact) mass is 194 g/mol. The van der Waals surface area contributed by atoms with E-state index in [0.717, 1.165) is 23.2 Å². The summed E-state index contributed by atoms with van der Waals surface area (Å²) in [6, 6.07) is 0. The predicted molar refractivity (Wildman–Crippen MR) is 62.2 cm³/mol. The molecule has 0 radical (unpaired) electrons. The first-order valence-corrected chi connectivity index (χ1v) is 6.60. The third-order valence-electron chi connectivity index (χ3n) is 4.87. The molecule has 3 atom stereocenters. The molecule has 2 saturated carbocycles. The summed E-state index contributed by atoms with van der Waals surface area (Å²) in [6.07, 6.45) is 10.5. The maximum Gasteiger partial charge on any atom is -0.0297 e. The van der Waals surface area contributed by atoms with Crippen molar-refractivity contribution >= 4 is 0 Å². The minimum absolute atomic E-state index is 0.769. The summed E-state index contributed by atoms with van der Waals surface area (Å²) in [5.41, 5.74) is 0.769. The Hall–Kier alpha value is 0. The summed E-state index contributed by atoms with van der Waals surface area (Å²) in [6.45, 7) is 7.44. The molecule has 0 saturated heterocycles. The average Bonchev–Trinajstić information content (AvgIpc) is 2.85. The van der Waals surface area contributed by atoms with Crippen molar-refractivity contribution in [2.45, 2.75) is 65.7 Å². The van der Waals surface area contributed by atoms with Gasteiger partial charge in [0.25, 0.3) is 0 Å². The van der Waals surface area contributed by atoms with Crippen molar-refractivity contribution in [3.63, 3.8) is 0 Å². The van der Waals surface area contributed by atoms with Crippen molar-refractivity contribution in [2.24, 2.45) is 23.2 Å². The molecule has 2 aliphatic carbocycles. The topological polar surface area (TPSA) is 0 Å². The molecule has 3 unspecified atom stereocenters. The van der Waals surface area contributed by atoms with Gasteiger partial charge in [0.05, 0.1) is 0 Å². The highest BCUT2D eigenvalue weighted by Gasteiger charge is 2.44. The van der Waals surface area contributed by atoms with Crippen LogP contribution in [-0.2, 0) is 0 Å². The lowest BCUT2D eigenvalue weighted by molar-refractivity contribution is 0.203. The molecule has 0 aromatic carbocycles. The van der Waals surface area contributed by atoms with Gasteiger partial charge in [0.2, 0.25) is 0 Å². The maximum atomic E-state index is 2.52. The van der Waals surface area contributed by atoms with Crippen LogP contribution in [0.25, 0.3) is 0 Å². The van der Waals surface area contributed by atoms with E-state index in [0.29, 0.717) is 0 Å². The normalized spacial score (nSPS) is 42.6. The minimum atomic E-state index is 0.769. The zero-order valence-corrected chi connectivity index (χ0v) is 10.2. The fourth-order valence-electron chi connectivity index (χ4n) is 3.16. The lowest BCUT2D eigenvalue weighted by Crippen LogP contribution is -2.20. The van der Waals surface area contributed by atoms with Crippen LogP contribution in [0.15, 0.2) is 0 Å². The SMILES string of the molecule is CC1CCC(C)CC(C2(C)CC2)CC1. The van der Waals surface area contributed by atoms with E-state index in [9.17, 15) is 0 Å². The smallest absolute Gasteiger partial charge is 0.0297 e. The first-order chi connectivity index (χ1) is 6.60. The van der Waals surface area contributed by atoms with Crippen molar-refractivity contribution in [1.29, 1.82) is 0 Å². The highest BCUT2D eigenvalue weighted by Crippen LogP contribution is 2.55. The molecule has 14 heavy (non-hydrogen) atoms. The van der Waals surface area contributed by atoms with E-state index in [4.69, 9.17) is 0 Å². The van der Waals surface area contributed by atoms with Crippen molar-refractivity contribution in [1.82, 2.24) is 0 Å². The van der Waals surface area contributed by atoms with E-state index >= 15 is 0 Å². The summed E-state index contributed by atoms with van der Waals surface area (Å²) in [4.78, 5) is 0. The highest BCUT2D eigenvalue weighted by molar-refractivity contribution is 4.95. The van der Waals surface area contributed by atoms with Gasteiger partial charge in [-0.25, -0.2) is 0 Å². The number of hydrogen-bond donors (Lipinski definition) is 0. The fourth-order valence-corrected chi connectivity index (χ4v) is 3.16. The average molecular weight is 194 g/mol. The third-order valence-corrected chi connectivity index (χ3v) is 4.87. The molecule has 2 aliphatic rings. The standard InChI is InChI=1S/C14H26/c1-11-4-5-12(2)10-13(7-6-11)14(3)8-9-14/h11-13H,4-10H2,1-3H3.